The summed E-state index contributed by atoms with van der Waals surface area (Å²) in [5, 5.41) is 0. The summed E-state index contributed by atoms with van der Waals surface area (Å²) in [6, 6.07) is 0. The van der Waals surface area contributed by atoms with E-state index in [4.69, 9.17) is 9.47 Å². The van der Waals surface area contributed by atoms with Crippen LogP contribution in [0.5, 0.6) is 0 Å². The van der Waals surface area contributed by atoms with E-state index in [0.29, 0.717) is 13.2 Å². The zero-order valence-corrected chi connectivity index (χ0v) is 9.02. The van der Waals surface area contributed by atoms with Crippen molar-refractivity contribution in [3.63, 3.8) is 0 Å². The molecular weight excluding hydrogens is 152 g/mol. The van der Waals surface area contributed by atoms with Crippen molar-refractivity contribution in [2.75, 3.05) is 13.2 Å². The van der Waals surface area contributed by atoms with Gasteiger partial charge in [-0.3, -0.25) is 0 Å². The normalized spacial score (nSPS) is 12.5. The lowest BCUT2D eigenvalue weighted by Gasteiger charge is -2.32. The molecular formula is C10H22O2. The van der Waals surface area contributed by atoms with Crippen molar-refractivity contribution < 1.29 is 9.47 Å². The third-order valence-corrected chi connectivity index (χ3v) is 2.19. The summed E-state index contributed by atoms with van der Waals surface area (Å²) in [6.45, 7) is 11.9. The van der Waals surface area contributed by atoms with Crippen molar-refractivity contribution in [1.29, 1.82) is 0 Å². The lowest BCUT2D eigenvalue weighted by Crippen LogP contribution is -2.34. The number of hydrogen-bond donors (Lipinski definition) is 0. The van der Waals surface area contributed by atoms with Gasteiger partial charge in [0.1, 0.15) is 0 Å². The fourth-order valence-electron chi connectivity index (χ4n) is 0.969. The second kappa shape index (κ2) is 5.55. The minimum absolute atomic E-state index is 0.0579. The molecule has 0 spiro atoms. The Morgan fingerprint density at radius 2 is 1.42 bits per heavy atom. The smallest absolute Gasteiger partial charge is 0.162 e. The van der Waals surface area contributed by atoms with Gasteiger partial charge in [0.2, 0.25) is 0 Å². The number of hydrogen-bond acceptors (Lipinski definition) is 2. The quantitative estimate of drug-likeness (QED) is 0.576. The first kappa shape index (κ1) is 11.9. The average molecular weight is 174 g/mol. The molecule has 0 saturated carbocycles. The van der Waals surface area contributed by atoms with Crippen LogP contribution < -0.4 is 0 Å². The Bertz CT molecular complexity index is 104. The molecule has 0 fully saturated rings. The van der Waals surface area contributed by atoms with E-state index in [-0.39, 0.29) is 11.7 Å². The Labute approximate surface area is 76.3 Å². The first-order valence-electron chi connectivity index (χ1n) is 4.81. The van der Waals surface area contributed by atoms with Crippen LogP contribution >= 0.6 is 0 Å². The third-order valence-electron chi connectivity index (χ3n) is 2.19. The van der Waals surface area contributed by atoms with Gasteiger partial charge in [0, 0.05) is 18.6 Å². The molecule has 0 amide bonds. The summed E-state index contributed by atoms with van der Waals surface area (Å²) in [5.41, 5.74) is 0.117. The largest absolute Gasteiger partial charge is 0.352 e. The van der Waals surface area contributed by atoms with E-state index in [0.717, 1.165) is 6.42 Å². The second-order valence-electron chi connectivity index (χ2n) is 3.58. The minimum atomic E-state index is -0.0579. The predicted molar refractivity (Wildman–Crippen MR) is 51.1 cm³/mol. The molecule has 2 nitrogen and oxygen atoms in total. The predicted octanol–water partition coefficient (Wildman–Crippen LogP) is 2.82. The van der Waals surface area contributed by atoms with E-state index < -0.39 is 0 Å². The van der Waals surface area contributed by atoms with Crippen LogP contribution in [0.1, 0.15) is 41.0 Å². The molecule has 0 radical (unpaired) electrons. The molecule has 0 aliphatic carbocycles. The molecule has 0 bridgehead atoms. The van der Waals surface area contributed by atoms with E-state index in [1.807, 2.05) is 13.8 Å². The maximum absolute atomic E-state index is 5.52. The molecule has 2 heteroatoms. The fraction of sp³-hybridized carbons (Fsp3) is 1.00. The summed E-state index contributed by atoms with van der Waals surface area (Å²) in [5.74, 6) is 0. The molecule has 0 aliphatic heterocycles. The molecule has 0 unspecified atom stereocenters. The monoisotopic (exact) mass is 174 g/mol. The Kier molecular flexibility index (Phi) is 5.51. The number of ether oxygens (including phenoxy) is 2. The van der Waals surface area contributed by atoms with Crippen molar-refractivity contribution in [3.8, 4) is 0 Å². The maximum Gasteiger partial charge on any atom is 0.162 e. The Morgan fingerprint density at radius 1 is 1.00 bits per heavy atom. The average Bonchev–Trinajstić information content (AvgIpc) is 2.04. The van der Waals surface area contributed by atoms with Gasteiger partial charge in [-0.25, -0.2) is 0 Å². The van der Waals surface area contributed by atoms with Crippen LogP contribution in [-0.2, 0) is 9.47 Å². The van der Waals surface area contributed by atoms with Crippen LogP contribution in [0.3, 0.4) is 0 Å². The molecule has 12 heavy (non-hydrogen) atoms. The van der Waals surface area contributed by atoms with Crippen molar-refractivity contribution >= 4 is 0 Å². The Balaban J connectivity index is 4.07. The zero-order chi connectivity index (χ0) is 9.61. The van der Waals surface area contributed by atoms with E-state index >= 15 is 0 Å². The summed E-state index contributed by atoms with van der Waals surface area (Å²) in [6.07, 6.45) is 1.01. The van der Waals surface area contributed by atoms with Crippen LogP contribution in [0.15, 0.2) is 0 Å². The standard InChI is InChI=1S/C10H22O2/c1-6-10(4,5)9(11-7-2)12-8-3/h9H,6-8H2,1-5H3. The lowest BCUT2D eigenvalue weighted by atomic mass is 9.89. The fourth-order valence-corrected chi connectivity index (χ4v) is 0.969. The first-order chi connectivity index (χ1) is 5.58. The molecule has 0 rings (SSSR count). The molecule has 0 aromatic heterocycles. The SMILES string of the molecule is CCOC(OCC)C(C)(C)CC. The maximum atomic E-state index is 5.52. The van der Waals surface area contributed by atoms with Gasteiger partial charge in [-0.05, 0) is 20.3 Å². The summed E-state index contributed by atoms with van der Waals surface area (Å²) < 4.78 is 11.0. The van der Waals surface area contributed by atoms with Gasteiger partial charge in [-0.15, -0.1) is 0 Å². The summed E-state index contributed by atoms with van der Waals surface area (Å²) in [7, 11) is 0. The first-order valence-corrected chi connectivity index (χ1v) is 4.81. The zero-order valence-electron chi connectivity index (χ0n) is 9.02. The van der Waals surface area contributed by atoms with Crippen LogP contribution in [0, 0.1) is 5.41 Å². The van der Waals surface area contributed by atoms with Gasteiger partial charge in [0.05, 0.1) is 0 Å². The highest BCUT2D eigenvalue weighted by Crippen LogP contribution is 2.27. The Morgan fingerprint density at radius 3 is 1.67 bits per heavy atom. The van der Waals surface area contributed by atoms with Crippen molar-refractivity contribution in [1.82, 2.24) is 0 Å². The van der Waals surface area contributed by atoms with Crippen LogP contribution in [0.2, 0.25) is 0 Å². The third kappa shape index (κ3) is 3.55. The highest BCUT2D eigenvalue weighted by Gasteiger charge is 2.28. The van der Waals surface area contributed by atoms with Gasteiger partial charge in [-0.1, -0.05) is 20.8 Å². The second-order valence-corrected chi connectivity index (χ2v) is 3.58. The van der Waals surface area contributed by atoms with E-state index in [1.165, 1.54) is 0 Å². The van der Waals surface area contributed by atoms with E-state index in [9.17, 15) is 0 Å². The molecule has 0 saturated heterocycles. The van der Waals surface area contributed by atoms with Crippen molar-refractivity contribution in [2.45, 2.75) is 47.3 Å². The molecule has 0 aromatic rings. The van der Waals surface area contributed by atoms with Crippen LogP contribution in [0.4, 0.5) is 0 Å². The molecule has 0 atom stereocenters. The number of rotatable bonds is 6. The van der Waals surface area contributed by atoms with Gasteiger partial charge in [0.25, 0.3) is 0 Å². The Hall–Kier alpha value is -0.0800. The van der Waals surface area contributed by atoms with Gasteiger partial charge >= 0.3 is 0 Å². The molecule has 0 aliphatic rings. The molecule has 0 N–H and O–H groups in total. The summed E-state index contributed by atoms with van der Waals surface area (Å²) >= 11 is 0. The van der Waals surface area contributed by atoms with Crippen molar-refractivity contribution in [3.05, 3.63) is 0 Å². The molecule has 74 valence electrons. The van der Waals surface area contributed by atoms with Crippen molar-refractivity contribution in [2.24, 2.45) is 5.41 Å². The lowest BCUT2D eigenvalue weighted by molar-refractivity contribution is -0.194. The minimum Gasteiger partial charge on any atom is -0.352 e. The van der Waals surface area contributed by atoms with Gasteiger partial charge in [0.15, 0.2) is 6.29 Å². The molecule has 0 aromatic carbocycles. The summed E-state index contributed by atoms with van der Waals surface area (Å²) in [4.78, 5) is 0. The highest BCUT2D eigenvalue weighted by molar-refractivity contribution is 4.70. The van der Waals surface area contributed by atoms with E-state index in [1.54, 1.807) is 0 Å². The van der Waals surface area contributed by atoms with E-state index in [2.05, 4.69) is 20.8 Å². The van der Waals surface area contributed by atoms with Gasteiger partial charge < -0.3 is 9.47 Å². The van der Waals surface area contributed by atoms with Crippen LogP contribution in [0.25, 0.3) is 0 Å². The highest BCUT2D eigenvalue weighted by atomic mass is 16.7. The topological polar surface area (TPSA) is 18.5 Å². The molecule has 0 heterocycles. The van der Waals surface area contributed by atoms with Gasteiger partial charge in [-0.2, -0.15) is 0 Å². The van der Waals surface area contributed by atoms with Crippen LogP contribution in [-0.4, -0.2) is 19.5 Å².